The van der Waals surface area contributed by atoms with Crippen molar-refractivity contribution in [2.45, 2.75) is 40.2 Å². The van der Waals surface area contributed by atoms with Crippen LogP contribution in [0.1, 0.15) is 38.7 Å². The zero-order valence-corrected chi connectivity index (χ0v) is 10.4. The van der Waals surface area contributed by atoms with Crippen LogP contribution in [0.5, 0.6) is 0 Å². The maximum atomic E-state index is 5.33. The molecule has 90 valence electrons. The van der Waals surface area contributed by atoms with Gasteiger partial charge in [0.1, 0.15) is 12.4 Å². The van der Waals surface area contributed by atoms with Gasteiger partial charge < -0.3 is 10.1 Å². The minimum absolute atomic E-state index is 0.491. The summed E-state index contributed by atoms with van der Waals surface area (Å²) >= 11 is 0. The number of anilines is 1. The standard InChI is InChI=1S/C12H21N3O/c1-4-7-13-11-8-10(5-2)14-12(15-11)9-16-6-3/h8H,4-7,9H2,1-3H3,(H,13,14,15). The largest absolute Gasteiger partial charge is 0.374 e. The summed E-state index contributed by atoms with van der Waals surface area (Å²) in [5.74, 6) is 1.67. The lowest BCUT2D eigenvalue weighted by Gasteiger charge is -2.08. The molecule has 1 rings (SSSR count). The van der Waals surface area contributed by atoms with Gasteiger partial charge in [-0.25, -0.2) is 9.97 Å². The number of aromatic nitrogens is 2. The van der Waals surface area contributed by atoms with Gasteiger partial charge in [-0.1, -0.05) is 13.8 Å². The topological polar surface area (TPSA) is 47.0 Å². The molecular formula is C12H21N3O. The predicted molar refractivity (Wildman–Crippen MR) is 65.5 cm³/mol. The smallest absolute Gasteiger partial charge is 0.156 e. The van der Waals surface area contributed by atoms with Crippen LogP contribution in [0.3, 0.4) is 0 Å². The molecule has 0 radical (unpaired) electrons. The van der Waals surface area contributed by atoms with E-state index in [0.29, 0.717) is 13.2 Å². The molecule has 0 aliphatic heterocycles. The molecule has 0 spiro atoms. The lowest BCUT2D eigenvalue weighted by atomic mass is 10.3. The Morgan fingerprint density at radius 1 is 1.25 bits per heavy atom. The molecule has 0 fully saturated rings. The first kappa shape index (κ1) is 12.9. The van der Waals surface area contributed by atoms with Crippen molar-refractivity contribution in [1.82, 2.24) is 9.97 Å². The van der Waals surface area contributed by atoms with Crippen LogP contribution in [0, 0.1) is 0 Å². The van der Waals surface area contributed by atoms with Crippen molar-refractivity contribution in [3.8, 4) is 0 Å². The van der Waals surface area contributed by atoms with Gasteiger partial charge in [0.25, 0.3) is 0 Å². The van der Waals surface area contributed by atoms with Crippen LogP contribution in [0.2, 0.25) is 0 Å². The maximum Gasteiger partial charge on any atom is 0.156 e. The molecule has 0 bridgehead atoms. The van der Waals surface area contributed by atoms with E-state index < -0.39 is 0 Å². The molecule has 0 saturated heterocycles. The fraction of sp³-hybridized carbons (Fsp3) is 0.667. The average Bonchev–Trinajstić information content (AvgIpc) is 2.33. The highest BCUT2D eigenvalue weighted by molar-refractivity contribution is 5.35. The first-order chi connectivity index (χ1) is 7.80. The number of aryl methyl sites for hydroxylation is 1. The van der Waals surface area contributed by atoms with Crippen molar-refractivity contribution in [2.24, 2.45) is 0 Å². The van der Waals surface area contributed by atoms with Gasteiger partial charge in [-0.15, -0.1) is 0 Å². The highest BCUT2D eigenvalue weighted by atomic mass is 16.5. The molecule has 0 atom stereocenters. The zero-order chi connectivity index (χ0) is 11.8. The van der Waals surface area contributed by atoms with E-state index in [1.807, 2.05) is 13.0 Å². The van der Waals surface area contributed by atoms with Crippen LogP contribution in [0.4, 0.5) is 5.82 Å². The van der Waals surface area contributed by atoms with Crippen molar-refractivity contribution < 1.29 is 4.74 Å². The zero-order valence-electron chi connectivity index (χ0n) is 10.4. The molecule has 1 heterocycles. The second kappa shape index (κ2) is 7.17. The van der Waals surface area contributed by atoms with Gasteiger partial charge in [0.2, 0.25) is 0 Å². The summed E-state index contributed by atoms with van der Waals surface area (Å²) < 4.78 is 5.33. The molecule has 0 aliphatic carbocycles. The van der Waals surface area contributed by atoms with Gasteiger partial charge in [0.05, 0.1) is 0 Å². The Hall–Kier alpha value is -1.16. The predicted octanol–water partition coefficient (Wildman–Crippen LogP) is 2.40. The Morgan fingerprint density at radius 3 is 2.69 bits per heavy atom. The first-order valence-electron chi connectivity index (χ1n) is 5.98. The van der Waals surface area contributed by atoms with Gasteiger partial charge in [-0.05, 0) is 19.8 Å². The molecule has 0 saturated carbocycles. The van der Waals surface area contributed by atoms with Gasteiger partial charge in [-0.3, -0.25) is 0 Å². The summed E-state index contributed by atoms with van der Waals surface area (Å²) in [6.07, 6.45) is 2.01. The third-order valence-corrected chi connectivity index (χ3v) is 2.18. The van der Waals surface area contributed by atoms with Gasteiger partial charge in [-0.2, -0.15) is 0 Å². The summed E-state index contributed by atoms with van der Waals surface area (Å²) in [6, 6.07) is 2.01. The molecule has 16 heavy (non-hydrogen) atoms. The first-order valence-corrected chi connectivity index (χ1v) is 5.98. The molecule has 0 amide bonds. The number of rotatable bonds is 7. The van der Waals surface area contributed by atoms with E-state index in [9.17, 15) is 0 Å². The third-order valence-electron chi connectivity index (χ3n) is 2.18. The van der Waals surface area contributed by atoms with Crippen molar-refractivity contribution in [3.63, 3.8) is 0 Å². The number of ether oxygens (including phenoxy) is 1. The quantitative estimate of drug-likeness (QED) is 0.771. The second-order valence-corrected chi connectivity index (χ2v) is 3.58. The Bertz CT molecular complexity index is 289. The number of hydrogen-bond acceptors (Lipinski definition) is 4. The molecule has 0 unspecified atom stereocenters. The maximum absolute atomic E-state index is 5.33. The monoisotopic (exact) mass is 223 g/mol. The van der Waals surface area contributed by atoms with Gasteiger partial charge in [0, 0.05) is 24.9 Å². The summed E-state index contributed by atoms with van der Waals surface area (Å²) in [5, 5.41) is 3.28. The molecule has 0 aliphatic rings. The summed E-state index contributed by atoms with van der Waals surface area (Å²) in [6.45, 7) is 8.32. The van der Waals surface area contributed by atoms with E-state index in [2.05, 4.69) is 29.1 Å². The Kier molecular flexibility index (Phi) is 5.78. The normalized spacial score (nSPS) is 10.4. The van der Waals surface area contributed by atoms with Crippen LogP contribution in [-0.2, 0) is 17.8 Å². The van der Waals surface area contributed by atoms with Crippen molar-refractivity contribution >= 4 is 5.82 Å². The van der Waals surface area contributed by atoms with E-state index in [1.54, 1.807) is 0 Å². The van der Waals surface area contributed by atoms with E-state index in [4.69, 9.17) is 4.74 Å². The molecule has 1 aromatic rings. The van der Waals surface area contributed by atoms with Crippen LogP contribution in [-0.4, -0.2) is 23.1 Å². The lowest BCUT2D eigenvalue weighted by Crippen LogP contribution is -2.08. The highest BCUT2D eigenvalue weighted by Crippen LogP contribution is 2.08. The molecule has 1 N–H and O–H groups in total. The lowest BCUT2D eigenvalue weighted by molar-refractivity contribution is 0.128. The minimum atomic E-state index is 0.491. The van der Waals surface area contributed by atoms with Crippen LogP contribution < -0.4 is 5.32 Å². The third kappa shape index (κ3) is 4.14. The molecule has 1 aromatic heterocycles. The average molecular weight is 223 g/mol. The number of hydrogen-bond donors (Lipinski definition) is 1. The van der Waals surface area contributed by atoms with E-state index in [0.717, 1.165) is 36.7 Å². The Balaban J connectivity index is 2.74. The Morgan fingerprint density at radius 2 is 2.06 bits per heavy atom. The van der Waals surface area contributed by atoms with Crippen molar-refractivity contribution in [2.75, 3.05) is 18.5 Å². The van der Waals surface area contributed by atoms with Crippen LogP contribution >= 0.6 is 0 Å². The minimum Gasteiger partial charge on any atom is -0.374 e. The molecular weight excluding hydrogens is 202 g/mol. The molecule has 4 heteroatoms. The number of nitrogens with zero attached hydrogens (tertiary/aromatic N) is 2. The van der Waals surface area contributed by atoms with Crippen molar-refractivity contribution in [1.29, 1.82) is 0 Å². The van der Waals surface area contributed by atoms with E-state index >= 15 is 0 Å². The number of nitrogens with one attached hydrogen (secondary N) is 1. The Labute approximate surface area is 97.5 Å². The van der Waals surface area contributed by atoms with E-state index in [1.165, 1.54) is 0 Å². The molecule has 0 aromatic carbocycles. The van der Waals surface area contributed by atoms with Gasteiger partial charge >= 0.3 is 0 Å². The van der Waals surface area contributed by atoms with E-state index in [-0.39, 0.29) is 0 Å². The fourth-order valence-corrected chi connectivity index (χ4v) is 1.33. The summed E-state index contributed by atoms with van der Waals surface area (Å²) in [4.78, 5) is 8.83. The SMILES string of the molecule is CCCNc1cc(CC)nc(COCC)n1. The molecule has 4 nitrogen and oxygen atoms in total. The fourth-order valence-electron chi connectivity index (χ4n) is 1.33. The second-order valence-electron chi connectivity index (χ2n) is 3.58. The summed E-state index contributed by atoms with van der Waals surface area (Å²) in [5.41, 5.74) is 1.06. The van der Waals surface area contributed by atoms with Crippen LogP contribution in [0.25, 0.3) is 0 Å². The summed E-state index contributed by atoms with van der Waals surface area (Å²) in [7, 11) is 0. The van der Waals surface area contributed by atoms with Crippen LogP contribution in [0.15, 0.2) is 6.07 Å². The van der Waals surface area contributed by atoms with Crippen molar-refractivity contribution in [3.05, 3.63) is 17.6 Å². The van der Waals surface area contributed by atoms with Gasteiger partial charge in [0.15, 0.2) is 5.82 Å². The highest BCUT2D eigenvalue weighted by Gasteiger charge is 2.03.